The predicted molar refractivity (Wildman–Crippen MR) is 105 cm³/mol. The highest BCUT2D eigenvalue weighted by molar-refractivity contribution is 5.74. The molecule has 120 valence electrons. The van der Waals surface area contributed by atoms with Gasteiger partial charge in [0, 0.05) is 11.8 Å². The Labute approximate surface area is 148 Å². The number of hydrogen-bond acceptors (Lipinski definition) is 1. The SMILES string of the molecule is Cc1ccc(-c2ccnc(-c3cccc(-c4ccccc4)c3)c2)cc1. The van der Waals surface area contributed by atoms with E-state index in [1.807, 2.05) is 12.3 Å². The van der Waals surface area contributed by atoms with Gasteiger partial charge in [0.2, 0.25) is 0 Å². The Morgan fingerprint density at radius 3 is 1.96 bits per heavy atom. The first-order chi connectivity index (χ1) is 12.3. The van der Waals surface area contributed by atoms with Crippen LogP contribution in [0.5, 0.6) is 0 Å². The van der Waals surface area contributed by atoms with E-state index in [-0.39, 0.29) is 0 Å². The summed E-state index contributed by atoms with van der Waals surface area (Å²) in [6, 6.07) is 31.8. The van der Waals surface area contributed by atoms with Gasteiger partial charge in [0.05, 0.1) is 5.69 Å². The van der Waals surface area contributed by atoms with Crippen molar-refractivity contribution in [3.8, 4) is 33.5 Å². The lowest BCUT2D eigenvalue weighted by molar-refractivity contribution is 1.32. The van der Waals surface area contributed by atoms with E-state index >= 15 is 0 Å². The maximum absolute atomic E-state index is 4.59. The standard InChI is InChI=1S/C24H19N/c1-18-10-12-20(13-11-18)22-14-15-25-24(17-22)23-9-5-8-21(16-23)19-6-3-2-4-7-19/h2-17H,1H3. The Morgan fingerprint density at radius 2 is 1.16 bits per heavy atom. The number of nitrogens with zero attached hydrogens (tertiary/aromatic N) is 1. The van der Waals surface area contributed by atoms with E-state index in [2.05, 4.69) is 96.8 Å². The molecule has 0 aliphatic rings. The van der Waals surface area contributed by atoms with Crippen LogP contribution in [0.1, 0.15) is 5.56 Å². The molecule has 0 saturated heterocycles. The molecule has 0 radical (unpaired) electrons. The molecule has 0 amide bonds. The monoisotopic (exact) mass is 321 g/mol. The van der Waals surface area contributed by atoms with E-state index in [1.165, 1.54) is 27.8 Å². The number of hydrogen-bond donors (Lipinski definition) is 0. The lowest BCUT2D eigenvalue weighted by Gasteiger charge is -2.08. The number of aromatic nitrogens is 1. The summed E-state index contributed by atoms with van der Waals surface area (Å²) in [7, 11) is 0. The molecular formula is C24H19N. The third-order valence-electron chi connectivity index (χ3n) is 4.41. The molecule has 1 heterocycles. The summed E-state index contributed by atoms with van der Waals surface area (Å²) in [4.78, 5) is 4.59. The smallest absolute Gasteiger partial charge is 0.0708 e. The van der Waals surface area contributed by atoms with Crippen molar-refractivity contribution >= 4 is 0 Å². The second-order valence-electron chi connectivity index (χ2n) is 6.24. The van der Waals surface area contributed by atoms with Crippen LogP contribution in [0.3, 0.4) is 0 Å². The van der Waals surface area contributed by atoms with Crippen LogP contribution in [0, 0.1) is 6.92 Å². The van der Waals surface area contributed by atoms with Crippen LogP contribution in [0.4, 0.5) is 0 Å². The average Bonchev–Trinajstić information content (AvgIpc) is 2.69. The maximum Gasteiger partial charge on any atom is 0.0708 e. The first-order valence-electron chi connectivity index (χ1n) is 8.48. The highest BCUT2D eigenvalue weighted by Gasteiger charge is 2.05. The fourth-order valence-electron chi connectivity index (χ4n) is 3.00. The first kappa shape index (κ1) is 15.3. The van der Waals surface area contributed by atoms with E-state index < -0.39 is 0 Å². The van der Waals surface area contributed by atoms with Gasteiger partial charge in [-0.3, -0.25) is 4.98 Å². The molecule has 1 aromatic heterocycles. The molecule has 4 rings (SSSR count). The molecule has 0 spiro atoms. The second-order valence-corrected chi connectivity index (χ2v) is 6.24. The quantitative estimate of drug-likeness (QED) is 0.426. The van der Waals surface area contributed by atoms with Gasteiger partial charge >= 0.3 is 0 Å². The molecule has 0 atom stereocenters. The third-order valence-corrected chi connectivity index (χ3v) is 4.41. The Morgan fingerprint density at radius 1 is 0.520 bits per heavy atom. The van der Waals surface area contributed by atoms with Gasteiger partial charge in [0.15, 0.2) is 0 Å². The minimum atomic E-state index is 0.996. The number of rotatable bonds is 3. The summed E-state index contributed by atoms with van der Waals surface area (Å²) in [5, 5.41) is 0. The molecule has 4 aromatic rings. The van der Waals surface area contributed by atoms with Gasteiger partial charge in [-0.05, 0) is 47.4 Å². The third kappa shape index (κ3) is 3.36. The van der Waals surface area contributed by atoms with E-state index in [1.54, 1.807) is 0 Å². The zero-order valence-corrected chi connectivity index (χ0v) is 14.2. The van der Waals surface area contributed by atoms with Crippen molar-refractivity contribution in [2.24, 2.45) is 0 Å². The lowest BCUT2D eigenvalue weighted by atomic mass is 9.99. The molecule has 0 N–H and O–H groups in total. The van der Waals surface area contributed by atoms with Crippen molar-refractivity contribution in [3.05, 3.63) is 103 Å². The molecule has 0 fully saturated rings. The van der Waals surface area contributed by atoms with Gasteiger partial charge in [-0.25, -0.2) is 0 Å². The van der Waals surface area contributed by atoms with Crippen molar-refractivity contribution in [2.45, 2.75) is 6.92 Å². The van der Waals surface area contributed by atoms with Crippen LogP contribution >= 0.6 is 0 Å². The summed E-state index contributed by atoms with van der Waals surface area (Å²) in [6.45, 7) is 2.11. The summed E-state index contributed by atoms with van der Waals surface area (Å²) >= 11 is 0. The van der Waals surface area contributed by atoms with Crippen molar-refractivity contribution in [2.75, 3.05) is 0 Å². The Kier molecular flexibility index (Phi) is 4.14. The highest BCUT2D eigenvalue weighted by Crippen LogP contribution is 2.28. The minimum Gasteiger partial charge on any atom is -0.256 e. The maximum atomic E-state index is 4.59. The molecule has 3 aromatic carbocycles. The van der Waals surface area contributed by atoms with Crippen LogP contribution in [0.2, 0.25) is 0 Å². The topological polar surface area (TPSA) is 12.9 Å². The van der Waals surface area contributed by atoms with E-state index in [4.69, 9.17) is 0 Å². The van der Waals surface area contributed by atoms with Crippen LogP contribution in [0.25, 0.3) is 33.5 Å². The van der Waals surface area contributed by atoms with Crippen molar-refractivity contribution in [1.29, 1.82) is 0 Å². The average molecular weight is 321 g/mol. The van der Waals surface area contributed by atoms with Gasteiger partial charge in [0.1, 0.15) is 0 Å². The zero-order chi connectivity index (χ0) is 17.1. The fraction of sp³-hybridized carbons (Fsp3) is 0.0417. The summed E-state index contributed by atoms with van der Waals surface area (Å²) in [5.41, 5.74) is 8.24. The van der Waals surface area contributed by atoms with Gasteiger partial charge in [-0.15, -0.1) is 0 Å². The molecular weight excluding hydrogens is 302 g/mol. The molecule has 0 bridgehead atoms. The van der Waals surface area contributed by atoms with E-state index in [0.717, 1.165) is 11.3 Å². The second kappa shape index (κ2) is 6.74. The van der Waals surface area contributed by atoms with Crippen molar-refractivity contribution in [1.82, 2.24) is 4.98 Å². The Hall–Kier alpha value is -3.19. The zero-order valence-electron chi connectivity index (χ0n) is 14.2. The van der Waals surface area contributed by atoms with Crippen LogP contribution in [-0.4, -0.2) is 4.98 Å². The molecule has 0 unspecified atom stereocenters. The summed E-state index contributed by atoms with van der Waals surface area (Å²) < 4.78 is 0. The van der Waals surface area contributed by atoms with Gasteiger partial charge in [-0.1, -0.05) is 78.4 Å². The van der Waals surface area contributed by atoms with Crippen LogP contribution < -0.4 is 0 Å². The van der Waals surface area contributed by atoms with Gasteiger partial charge in [0.25, 0.3) is 0 Å². The fourth-order valence-corrected chi connectivity index (χ4v) is 3.00. The number of aryl methyl sites for hydroxylation is 1. The van der Waals surface area contributed by atoms with E-state index in [9.17, 15) is 0 Å². The Bertz CT molecular complexity index is 986. The van der Waals surface area contributed by atoms with Gasteiger partial charge in [-0.2, -0.15) is 0 Å². The highest BCUT2D eigenvalue weighted by atomic mass is 14.7. The molecule has 1 heteroatoms. The molecule has 0 saturated carbocycles. The normalized spacial score (nSPS) is 10.6. The van der Waals surface area contributed by atoms with E-state index in [0.29, 0.717) is 0 Å². The summed E-state index contributed by atoms with van der Waals surface area (Å²) in [6.07, 6.45) is 1.89. The van der Waals surface area contributed by atoms with Crippen molar-refractivity contribution in [3.63, 3.8) is 0 Å². The number of benzene rings is 3. The molecule has 0 aliphatic carbocycles. The van der Waals surface area contributed by atoms with Crippen LogP contribution in [-0.2, 0) is 0 Å². The Balaban J connectivity index is 1.73. The minimum absolute atomic E-state index is 0.996. The molecule has 0 aliphatic heterocycles. The van der Waals surface area contributed by atoms with Gasteiger partial charge < -0.3 is 0 Å². The number of pyridine rings is 1. The summed E-state index contributed by atoms with van der Waals surface area (Å²) in [5.74, 6) is 0. The predicted octanol–water partition coefficient (Wildman–Crippen LogP) is 6.39. The molecule has 25 heavy (non-hydrogen) atoms. The first-order valence-corrected chi connectivity index (χ1v) is 8.48. The molecule has 1 nitrogen and oxygen atoms in total. The van der Waals surface area contributed by atoms with Crippen LogP contribution in [0.15, 0.2) is 97.2 Å². The van der Waals surface area contributed by atoms with Crippen molar-refractivity contribution < 1.29 is 0 Å². The lowest BCUT2D eigenvalue weighted by Crippen LogP contribution is -1.87. The largest absolute Gasteiger partial charge is 0.256 e.